The van der Waals surface area contributed by atoms with Crippen molar-refractivity contribution in [1.82, 2.24) is 0 Å². The Morgan fingerprint density at radius 3 is 2.50 bits per heavy atom. The Morgan fingerprint density at radius 2 is 2.20 bits per heavy atom. The van der Waals surface area contributed by atoms with Crippen molar-refractivity contribution < 1.29 is 0 Å². The number of aliphatic imine (C=N–C) groups is 1. The zero-order valence-electron chi connectivity index (χ0n) is 6.02. The second-order valence-corrected chi connectivity index (χ2v) is 1.82. The number of hydrogen-bond donors (Lipinski definition) is 2. The van der Waals surface area contributed by atoms with Gasteiger partial charge in [0.15, 0.2) is 0 Å². The van der Waals surface area contributed by atoms with Gasteiger partial charge in [0.1, 0.15) is 5.84 Å². The van der Waals surface area contributed by atoms with Gasteiger partial charge in [-0.3, -0.25) is 10.4 Å². The van der Waals surface area contributed by atoms with Crippen LogP contribution in [0.4, 0.5) is 0 Å². The Hall–Kier alpha value is -1.38. The van der Waals surface area contributed by atoms with Crippen LogP contribution in [0.1, 0.15) is 6.92 Å². The van der Waals surface area contributed by atoms with Crippen LogP contribution in [0.2, 0.25) is 0 Å². The molecule has 0 aromatic heterocycles. The van der Waals surface area contributed by atoms with Crippen LogP contribution in [0, 0.1) is 5.41 Å². The van der Waals surface area contributed by atoms with Crippen LogP contribution in [0.3, 0.4) is 0 Å². The molecular weight excluding hydrogens is 126 g/mol. The highest BCUT2D eigenvalue weighted by atomic mass is 14.8. The van der Waals surface area contributed by atoms with Gasteiger partial charge in [-0.05, 0) is 13.0 Å². The molecule has 0 atom stereocenters. The number of hydrogen-bond acceptors (Lipinski definition) is 2. The van der Waals surface area contributed by atoms with Crippen LogP contribution < -0.4 is 5.73 Å². The third-order valence-corrected chi connectivity index (χ3v) is 0.918. The van der Waals surface area contributed by atoms with E-state index in [1.54, 1.807) is 13.0 Å². The summed E-state index contributed by atoms with van der Waals surface area (Å²) in [7, 11) is 0. The second kappa shape index (κ2) is 3.61. The van der Waals surface area contributed by atoms with Crippen molar-refractivity contribution >= 4 is 11.5 Å². The Balaban J connectivity index is 4.27. The topological polar surface area (TPSA) is 62.2 Å². The average molecular weight is 137 g/mol. The Bertz CT molecular complexity index is 201. The predicted molar refractivity (Wildman–Crippen MR) is 44.4 cm³/mol. The van der Waals surface area contributed by atoms with Crippen LogP contribution in [0.5, 0.6) is 0 Å². The van der Waals surface area contributed by atoms with E-state index in [1.165, 1.54) is 0 Å². The smallest absolute Gasteiger partial charge is 0.141 e. The van der Waals surface area contributed by atoms with Gasteiger partial charge in [-0.1, -0.05) is 13.2 Å². The number of nitrogens with zero attached hydrogens (tertiary/aromatic N) is 1. The zero-order valence-corrected chi connectivity index (χ0v) is 6.02. The Morgan fingerprint density at radius 1 is 1.70 bits per heavy atom. The monoisotopic (exact) mass is 137 g/mol. The molecule has 0 aromatic rings. The first kappa shape index (κ1) is 8.62. The molecule has 0 fully saturated rings. The van der Waals surface area contributed by atoms with E-state index < -0.39 is 0 Å². The summed E-state index contributed by atoms with van der Waals surface area (Å²) in [6.45, 7) is 8.71. The maximum absolute atomic E-state index is 6.91. The Kier molecular flexibility index (Phi) is 3.11. The minimum atomic E-state index is -0.110. The molecule has 0 aliphatic carbocycles. The van der Waals surface area contributed by atoms with Crippen LogP contribution in [-0.4, -0.2) is 11.5 Å². The third kappa shape index (κ3) is 2.81. The maximum atomic E-state index is 6.91. The molecule has 3 N–H and O–H groups in total. The van der Waals surface area contributed by atoms with Crippen LogP contribution in [0.25, 0.3) is 0 Å². The molecule has 3 nitrogen and oxygen atoms in total. The fourth-order valence-corrected chi connectivity index (χ4v) is 0.319. The van der Waals surface area contributed by atoms with Gasteiger partial charge in [0.25, 0.3) is 0 Å². The molecule has 54 valence electrons. The summed E-state index contributed by atoms with van der Waals surface area (Å²) < 4.78 is 0. The van der Waals surface area contributed by atoms with Crippen molar-refractivity contribution in [2.24, 2.45) is 10.7 Å². The van der Waals surface area contributed by atoms with E-state index in [9.17, 15) is 0 Å². The van der Waals surface area contributed by atoms with E-state index in [0.29, 0.717) is 5.71 Å². The molecule has 0 amide bonds. The van der Waals surface area contributed by atoms with Crippen molar-refractivity contribution in [3.63, 3.8) is 0 Å². The molecule has 0 heterocycles. The predicted octanol–water partition coefficient (Wildman–Crippen LogP) is 1.08. The molecular formula is C7H11N3. The first-order valence-electron chi connectivity index (χ1n) is 2.79. The fraction of sp³-hybridized carbons (Fsp3) is 0.143. The standard InChI is InChI=1S/C7H11N3/c1-4-5(2)10-6(3)7(8)9/h4H,1,3H2,2H3,(H3,8,9). The van der Waals surface area contributed by atoms with Crippen molar-refractivity contribution in [3.05, 3.63) is 24.9 Å². The van der Waals surface area contributed by atoms with Crippen molar-refractivity contribution in [1.29, 1.82) is 5.41 Å². The van der Waals surface area contributed by atoms with Crippen molar-refractivity contribution in [2.75, 3.05) is 0 Å². The highest BCUT2D eigenvalue weighted by Crippen LogP contribution is 1.92. The SMILES string of the molecule is C=CC(C)=NC(=C)C(=N)N. The first-order chi connectivity index (χ1) is 4.57. The van der Waals surface area contributed by atoms with Gasteiger partial charge < -0.3 is 5.73 Å². The lowest BCUT2D eigenvalue weighted by atomic mass is 10.4. The summed E-state index contributed by atoms with van der Waals surface area (Å²) in [5.41, 5.74) is 6.07. The second-order valence-electron chi connectivity index (χ2n) is 1.82. The summed E-state index contributed by atoms with van der Waals surface area (Å²) >= 11 is 0. The van der Waals surface area contributed by atoms with Gasteiger partial charge in [0.05, 0.1) is 5.70 Å². The first-order valence-corrected chi connectivity index (χ1v) is 2.79. The molecule has 0 aromatic carbocycles. The summed E-state index contributed by atoms with van der Waals surface area (Å²) in [6, 6.07) is 0. The molecule has 10 heavy (non-hydrogen) atoms. The van der Waals surface area contributed by atoms with Gasteiger partial charge in [0, 0.05) is 5.71 Å². The van der Waals surface area contributed by atoms with Crippen LogP contribution >= 0.6 is 0 Å². The van der Waals surface area contributed by atoms with E-state index in [0.717, 1.165) is 0 Å². The molecule has 0 aliphatic heterocycles. The van der Waals surface area contributed by atoms with Gasteiger partial charge >= 0.3 is 0 Å². The molecule has 0 spiro atoms. The lowest BCUT2D eigenvalue weighted by Gasteiger charge is -1.94. The van der Waals surface area contributed by atoms with E-state index in [1.807, 2.05) is 0 Å². The molecule has 0 saturated heterocycles. The number of nitrogens with two attached hydrogens (primary N) is 1. The molecule has 0 radical (unpaired) electrons. The quantitative estimate of drug-likeness (QED) is 0.443. The summed E-state index contributed by atoms with van der Waals surface area (Å²) in [5, 5.41) is 6.91. The van der Waals surface area contributed by atoms with E-state index in [2.05, 4.69) is 18.2 Å². The van der Waals surface area contributed by atoms with Gasteiger partial charge in [-0.15, -0.1) is 0 Å². The molecule has 0 aliphatic rings. The molecule has 0 saturated carbocycles. The lowest BCUT2D eigenvalue weighted by Crippen LogP contribution is -2.11. The van der Waals surface area contributed by atoms with E-state index >= 15 is 0 Å². The maximum Gasteiger partial charge on any atom is 0.141 e. The van der Waals surface area contributed by atoms with Crippen LogP contribution in [-0.2, 0) is 0 Å². The van der Waals surface area contributed by atoms with E-state index in [-0.39, 0.29) is 11.5 Å². The van der Waals surface area contributed by atoms with Crippen LogP contribution in [0.15, 0.2) is 29.9 Å². The third-order valence-electron chi connectivity index (χ3n) is 0.918. The highest BCUT2D eigenvalue weighted by molar-refractivity contribution is 6.00. The number of allylic oxidation sites excluding steroid dienone is 1. The largest absolute Gasteiger partial charge is 0.382 e. The molecule has 0 bridgehead atoms. The minimum absolute atomic E-state index is 0.110. The highest BCUT2D eigenvalue weighted by Gasteiger charge is 1.92. The minimum Gasteiger partial charge on any atom is -0.382 e. The zero-order chi connectivity index (χ0) is 8.15. The van der Waals surface area contributed by atoms with Gasteiger partial charge in [-0.2, -0.15) is 0 Å². The molecule has 0 rings (SSSR count). The lowest BCUT2D eigenvalue weighted by molar-refractivity contribution is 1.35. The van der Waals surface area contributed by atoms with E-state index in [4.69, 9.17) is 11.1 Å². The summed E-state index contributed by atoms with van der Waals surface area (Å²) in [6.07, 6.45) is 1.58. The van der Waals surface area contributed by atoms with Gasteiger partial charge in [0.2, 0.25) is 0 Å². The van der Waals surface area contributed by atoms with Crippen molar-refractivity contribution in [2.45, 2.75) is 6.92 Å². The summed E-state index contributed by atoms with van der Waals surface area (Å²) in [5.74, 6) is -0.110. The molecule has 3 heteroatoms. The molecule has 0 unspecified atom stereocenters. The average Bonchev–Trinajstić information content (AvgIpc) is 1.87. The van der Waals surface area contributed by atoms with Crippen molar-refractivity contribution in [3.8, 4) is 0 Å². The number of nitrogens with one attached hydrogen (secondary N) is 1. The number of amidine groups is 1. The fourth-order valence-electron chi connectivity index (χ4n) is 0.319. The number of rotatable bonds is 3. The van der Waals surface area contributed by atoms with Gasteiger partial charge in [-0.25, -0.2) is 0 Å². The normalized spacial score (nSPS) is 10.7. The Labute approximate surface area is 60.5 Å². The summed E-state index contributed by atoms with van der Waals surface area (Å²) in [4.78, 5) is 3.85.